The molecule has 122 valence electrons. The molecule has 0 unspecified atom stereocenters. The minimum Gasteiger partial charge on any atom is -0.476 e. The summed E-state index contributed by atoms with van der Waals surface area (Å²) in [5.41, 5.74) is 8.28. The van der Waals surface area contributed by atoms with E-state index in [1.807, 2.05) is 30.3 Å². The van der Waals surface area contributed by atoms with Crippen LogP contribution in [0.4, 0.5) is 0 Å². The van der Waals surface area contributed by atoms with Gasteiger partial charge in [0, 0.05) is 11.1 Å². The summed E-state index contributed by atoms with van der Waals surface area (Å²) in [6, 6.07) is 14.1. The van der Waals surface area contributed by atoms with Gasteiger partial charge in [-0.25, -0.2) is 10.6 Å². The summed E-state index contributed by atoms with van der Waals surface area (Å²) < 4.78 is 5.35. The normalized spacial score (nSPS) is 10.9. The van der Waals surface area contributed by atoms with Gasteiger partial charge in [-0.3, -0.25) is 5.43 Å². The van der Waals surface area contributed by atoms with Gasteiger partial charge >= 0.3 is 5.97 Å². The number of carboxylic acids is 1. The average Bonchev–Trinajstić information content (AvgIpc) is 2.60. The van der Waals surface area contributed by atoms with E-state index in [0.717, 1.165) is 5.56 Å². The number of hydrogen-bond acceptors (Lipinski definition) is 5. The zero-order valence-corrected chi connectivity index (χ0v) is 13.2. The van der Waals surface area contributed by atoms with Gasteiger partial charge in [0.25, 0.3) is 0 Å². The third-order valence-corrected chi connectivity index (χ3v) is 3.21. The van der Waals surface area contributed by atoms with Crippen LogP contribution in [0.15, 0.2) is 60.1 Å². The molecule has 2 rings (SSSR count). The predicted octanol–water partition coefficient (Wildman–Crippen LogP) is 1.79. The second-order valence-electron chi connectivity index (χ2n) is 4.55. The van der Waals surface area contributed by atoms with Crippen LogP contribution >= 0.6 is 11.6 Å². The van der Waals surface area contributed by atoms with Crippen molar-refractivity contribution >= 4 is 17.6 Å². The number of rotatable bonds is 4. The Morgan fingerprint density at radius 3 is 2.50 bits per heavy atom. The first-order chi connectivity index (χ1) is 11.5. The van der Waals surface area contributed by atoms with E-state index in [1.54, 1.807) is 18.2 Å². The summed E-state index contributed by atoms with van der Waals surface area (Å²) in [4.78, 5) is 10.9. The second-order valence-corrected chi connectivity index (χ2v) is 4.96. The lowest BCUT2D eigenvalue weighted by Crippen LogP contribution is -2.31. The highest BCUT2D eigenvalue weighted by Gasteiger charge is 2.12. The zero-order valence-electron chi connectivity index (χ0n) is 12.4. The van der Waals surface area contributed by atoms with Gasteiger partial charge in [0.05, 0.1) is 5.02 Å². The largest absolute Gasteiger partial charge is 0.476 e. The monoisotopic (exact) mass is 343 g/mol. The van der Waals surface area contributed by atoms with Gasteiger partial charge in [0.2, 0.25) is 5.88 Å². The molecule has 0 fully saturated rings. The van der Waals surface area contributed by atoms with Crippen LogP contribution in [0.25, 0.3) is 0 Å². The maximum Gasteiger partial charge on any atom is 0.357 e. The molecule has 0 aliphatic heterocycles. The lowest BCUT2D eigenvalue weighted by atomic mass is 10.2. The first-order valence-electron chi connectivity index (χ1n) is 6.75. The number of hydrazine groups is 1. The zero-order chi connectivity index (χ0) is 17.5. The first-order valence-corrected chi connectivity index (χ1v) is 7.13. The Morgan fingerprint density at radius 2 is 1.88 bits per heavy atom. The molecule has 0 aromatic heterocycles. The minimum absolute atomic E-state index is 0.285. The third kappa shape index (κ3) is 4.43. The molecule has 0 saturated heterocycles. The number of aliphatic carboxylic acids is 1. The molecule has 0 amide bonds. The van der Waals surface area contributed by atoms with E-state index in [9.17, 15) is 4.79 Å². The Balaban J connectivity index is 2.31. The van der Waals surface area contributed by atoms with Gasteiger partial charge in [-0.05, 0) is 30.3 Å². The molecule has 0 bridgehead atoms. The number of nitrogens with two attached hydrogens (primary N) is 2. The van der Waals surface area contributed by atoms with Gasteiger partial charge in [-0.2, -0.15) is 0 Å². The third-order valence-electron chi connectivity index (χ3n) is 2.88. The van der Waals surface area contributed by atoms with E-state index < -0.39 is 11.7 Å². The van der Waals surface area contributed by atoms with Crippen LogP contribution in [0.3, 0.4) is 0 Å². The lowest BCUT2D eigenvalue weighted by molar-refractivity contribution is -0.132. The molecular formula is C17H14ClN3O3. The van der Waals surface area contributed by atoms with Crippen LogP contribution < -0.4 is 21.7 Å². The van der Waals surface area contributed by atoms with Crippen LogP contribution in [0.2, 0.25) is 5.02 Å². The molecule has 2 aromatic rings. The SMILES string of the molecule is NN/C(Oc1ccc(Cl)c(C#Cc2ccccc2)c1)=C(\N)C(=O)O. The fourth-order valence-electron chi connectivity index (χ4n) is 1.70. The van der Waals surface area contributed by atoms with Crippen molar-refractivity contribution < 1.29 is 14.6 Å². The van der Waals surface area contributed by atoms with Crippen molar-refractivity contribution in [3.63, 3.8) is 0 Å². The molecule has 6 nitrogen and oxygen atoms in total. The van der Waals surface area contributed by atoms with Crippen LogP contribution in [-0.2, 0) is 4.79 Å². The van der Waals surface area contributed by atoms with Crippen LogP contribution in [-0.4, -0.2) is 11.1 Å². The molecule has 0 aliphatic carbocycles. The molecular weight excluding hydrogens is 330 g/mol. The van der Waals surface area contributed by atoms with E-state index in [1.165, 1.54) is 0 Å². The van der Waals surface area contributed by atoms with E-state index in [0.29, 0.717) is 10.6 Å². The van der Waals surface area contributed by atoms with Crippen molar-refractivity contribution in [2.45, 2.75) is 0 Å². The number of carbonyl (C=O) groups is 1. The van der Waals surface area contributed by atoms with Crippen LogP contribution in [0.5, 0.6) is 5.75 Å². The number of benzene rings is 2. The molecule has 24 heavy (non-hydrogen) atoms. The van der Waals surface area contributed by atoms with Gasteiger partial charge in [0.1, 0.15) is 5.75 Å². The summed E-state index contributed by atoms with van der Waals surface area (Å²) in [5, 5.41) is 9.30. The number of carboxylic acid groups (broad SMARTS) is 1. The van der Waals surface area contributed by atoms with Crippen molar-refractivity contribution in [3.8, 4) is 17.6 Å². The van der Waals surface area contributed by atoms with Gasteiger partial charge < -0.3 is 15.6 Å². The van der Waals surface area contributed by atoms with E-state index in [2.05, 4.69) is 17.3 Å². The van der Waals surface area contributed by atoms with Gasteiger partial charge in [0.15, 0.2) is 5.70 Å². The Morgan fingerprint density at radius 1 is 1.17 bits per heavy atom. The average molecular weight is 344 g/mol. The standard InChI is InChI=1S/C17H14ClN3O3/c18-14-9-8-13(24-16(21-20)15(19)17(22)23)10-12(14)7-6-11-4-2-1-3-5-11/h1-5,8-10,21H,19-20H2,(H,22,23)/b16-15+. The maximum atomic E-state index is 10.9. The Bertz CT molecular complexity index is 839. The summed E-state index contributed by atoms with van der Waals surface area (Å²) in [6.45, 7) is 0. The molecule has 0 spiro atoms. The van der Waals surface area contributed by atoms with Crippen LogP contribution in [0, 0.1) is 11.8 Å². The van der Waals surface area contributed by atoms with Crippen molar-refractivity contribution in [1.82, 2.24) is 5.43 Å². The van der Waals surface area contributed by atoms with Gasteiger partial charge in [-0.1, -0.05) is 41.6 Å². The maximum absolute atomic E-state index is 10.9. The molecule has 0 radical (unpaired) electrons. The van der Waals surface area contributed by atoms with E-state index in [4.69, 9.17) is 33.0 Å². The predicted molar refractivity (Wildman–Crippen MR) is 90.7 cm³/mol. The highest BCUT2D eigenvalue weighted by Crippen LogP contribution is 2.22. The molecule has 0 atom stereocenters. The fourth-order valence-corrected chi connectivity index (χ4v) is 1.87. The van der Waals surface area contributed by atoms with E-state index >= 15 is 0 Å². The summed E-state index contributed by atoms with van der Waals surface area (Å²) >= 11 is 6.12. The molecule has 0 heterocycles. The van der Waals surface area contributed by atoms with Crippen molar-refractivity contribution in [1.29, 1.82) is 0 Å². The number of nitrogens with one attached hydrogen (secondary N) is 1. The van der Waals surface area contributed by atoms with Crippen molar-refractivity contribution in [2.75, 3.05) is 0 Å². The lowest BCUT2D eigenvalue weighted by Gasteiger charge is -2.11. The molecule has 6 N–H and O–H groups in total. The summed E-state index contributed by atoms with van der Waals surface area (Å²) in [7, 11) is 0. The van der Waals surface area contributed by atoms with Crippen molar-refractivity contribution in [3.05, 3.63) is 76.3 Å². The topological polar surface area (TPSA) is 111 Å². The van der Waals surface area contributed by atoms with Crippen molar-refractivity contribution in [2.24, 2.45) is 11.6 Å². The van der Waals surface area contributed by atoms with Crippen LogP contribution in [0.1, 0.15) is 11.1 Å². The molecule has 7 heteroatoms. The molecule has 0 saturated carbocycles. The molecule has 0 aliphatic rings. The highest BCUT2D eigenvalue weighted by atomic mass is 35.5. The quantitative estimate of drug-likeness (QED) is 0.221. The number of hydrogen-bond donors (Lipinski definition) is 4. The number of halogens is 1. The summed E-state index contributed by atoms with van der Waals surface area (Å²) in [5.74, 6) is 9.78. The highest BCUT2D eigenvalue weighted by molar-refractivity contribution is 6.31. The van der Waals surface area contributed by atoms with Gasteiger partial charge in [-0.15, -0.1) is 0 Å². The smallest absolute Gasteiger partial charge is 0.357 e. The number of ether oxygens (including phenoxy) is 1. The Kier molecular flexibility index (Phi) is 5.68. The molecule has 2 aromatic carbocycles. The second kappa shape index (κ2) is 7.92. The Labute approximate surface area is 143 Å². The summed E-state index contributed by atoms with van der Waals surface area (Å²) in [6.07, 6.45) is 0. The minimum atomic E-state index is -1.36. The fraction of sp³-hybridized carbons (Fsp3) is 0. The first kappa shape index (κ1) is 17.2. The Hall–Kier alpha value is -3.14. The van der Waals surface area contributed by atoms with E-state index in [-0.39, 0.29) is 11.6 Å².